The van der Waals surface area contributed by atoms with E-state index in [1.165, 1.54) is 0 Å². The van der Waals surface area contributed by atoms with Gasteiger partial charge in [0.1, 0.15) is 5.75 Å². The summed E-state index contributed by atoms with van der Waals surface area (Å²) in [6.45, 7) is 7.16. The molecule has 0 bridgehead atoms. The Morgan fingerprint density at radius 3 is 2.67 bits per heavy atom. The van der Waals surface area contributed by atoms with Crippen LogP contribution < -0.4 is 15.8 Å². The molecule has 0 amide bonds. The summed E-state index contributed by atoms with van der Waals surface area (Å²) in [5.41, 5.74) is 7.76. The van der Waals surface area contributed by atoms with Crippen molar-refractivity contribution in [1.82, 2.24) is 0 Å². The first-order valence-electron chi connectivity index (χ1n) is 6.32. The van der Waals surface area contributed by atoms with Gasteiger partial charge in [-0.1, -0.05) is 13.0 Å². The predicted octanol–water partition coefficient (Wildman–Crippen LogP) is 3.47. The van der Waals surface area contributed by atoms with Crippen LogP contribution in [0, 0.1) is 5.92 Å². The highest BCUT2D eigenvalue weighted by Gasteiger charge is 2.08. The maximum absolute atomic E-state index is 6.10. The number of anilines is 2. The van der Waals surface area contributed by atoms with Crippen molar-refractivity contribution in [3.05, 3.63) is 18.2 Å². The molecule has 0 radical (unpaired) electrons. The van der Waals surface area contributed by atoms with Crippen LogP contribution in [0.15, 0.2) is 18.2 Å². The van der Waals surface area contributed by atoms with Gasteiger partial charge in [0.25, 0.3) is 0 Å². The van der Waals surface area contributed by atoms with Crippen LogP contribution in [0.25, 0.3) is 0 Å². The molecule has 0 fully saturated rings. The van der Waals surface area contributed by atoms with Crippen LogP contribution in [0.4, 0.5) is 11.4 Å². The van der Waals surface area contributed by atoms with E-state index < -0.39 is 0 Å². The molecule has 102 valence electrons. The quantitative estimate of drug-likeness (QED) is 0.743. The highest BCUT2D eigenvalue weighted by Crippen LogP contribution is 2.30. The van der Waals surface area contributed by atoms with Gasteiger partial charge in [0, 0.05) is 6.54 Å². The minimum absolute atomic E-state index is 0.137. The smallest absolute Gasteiger partial charge is 0.144 e. The Balaban J connectivity index is 2.65. The van der Waals surface area contributed by atoms with Gasteiger partial charge < -0.3 is 15.8 Å². The van der Waals surface area contributed by atoms with Gasteiger partial charge in [-0.25, -0.2) is 0 Å². The fraction of sp³-hybridized carbons (Fsp3) is 0.571. The van der Waals surface area contributed by atoms with Crippen LogP contribution in [-0.4, -0.2) is 24.7 Å². The Kier molecular flexibility index (Phi) is 6.19. The molecule has 0 saturated carbocycles. The second kappa shape index (κ2) is 7.41. The van der Waals surface area contributed by atoms with Gasteiger partial charge in [-0.15, -0.1) is 0 Å². The lowest BCUT2D eigenvalue weighted by Gasteiger charge is -2.17. The molecule has 0 heterocycles. The molecule has 1 aromatic rings. The average molecular weight is 268 g/mol. The third-order valence-electron chi connectivity index (χ3n) is 2.52. The van der Waals surface area contributed by atoms with E-state index in [-0.39, 0.29) is 6.10 Å². The van der Waals surface area contributed by atoms with Crippen molar-refractivity contribution >= 4 is 23.1 Å². The molecule has 1 atom stereocenters. The van der Waals surface area contributed by atoms with Crippen molar-refractivity contribution < 1.29 is 4.74 Å². The molecule has 4 heteroatoms. The number of nitrogen functional groups attached to an aromatic ring is 1. The number of rotatable bonds is 7. The highest BCUT2D eigenvalue weighted by molar-refractivity contribution is 7.98. The second-order valence-corrected chi connectivity index (χ2v) is 5.74. The van der Waals surface area contributed by atoms with Crippen molar-refractivity contribution in [2.45, 2.75) is 26.9 Å². The molecule has 1 rings (SSSR count). The van der Waals surface area contributed by atoms with Gasteiger partial charge in [0.05, 0.1) is 17.5 Å². The highest BCUT2D eigenvalue weighted by atomic mass is 32.2. The van der Waals surface area contributed by atoms with Crippen LogP contribution in [0.1, 0.15) is 20.8 Å². The topological polar surface area (TPSA) is 47.3 Å². The SMILES string of the molecule is CSCC(C)CNc1cccc(OC(C)C)c1N. The second-order valence-electron chi connectivity index (χ2n) is 4.83. The molecule has 0 aliphatic heterocycles. The van der Waals surface area contributed by atoms with Gasteiger partial charge in [-0.3, -0.25) is 0 Å². The van der Waals surface area contributed by atoms with E-state index in [4.69, 9.17) is 10.5 Å². The zero-order chi connectivity index (χ0) is 13.5. The minimum atomic E-state index is 0.137. The lowest BCUT2D eigenvalue weighted by molar-refractivity contribution is 0.244. The summed E-state index contributed by atoms with van der Waals surface area (Å²) in [5.74, 6) is 2.52. The fourth-order valence-corrected chi connectivity index (χ4v) is 2.37. The number of nitrogens with one attached hydrogen (secondary N) is 1. The van der Waals surface area contributed by atoms with Crippen molar-refractivity contribution in [2.24, 2.45) is 5.92 Å². The minimum Gasteiger partial charge on any atom is -0.489 e. The van der Waals surface area contributed by atoms with Crippen LogP contribution in [0.2, 0.25) is 0 Å². The van der Waals surface area contributed by atoms with Gasteiger partial charge >= 0.3 is 0 Å². The monoisotopic (exact) mass is 268 g/mol. The Bertz CT molecular complexity index is 369. The summed E-state index contributed by atoms with van der Waals surface area (Å²) in [6.07, 6.45) is 2.26. The van der Waals surface area contributed by atoms with Gasteiger partial charge in [0.15, 0.2) is 0 Å². The number of ether oxygens (including phenoxy) is 1. The van der Waals surface area contributed by atoms with E-state index in [2.05, 4.69) is 18.5 Å². The van der Waals surface area contributed by atoms with Crippen LogP contribution in [0.5, 0.6) is 5.75 Å². The van der Waals surface area contributed by atoms with Gasteiger partial charge in [0.2, 0.25) is 0 Å². The first kappa shape index (κ1) is 15.0. The molecule has 0 spiro atoms. The van der Waals surface area contributed by atoms with Gasteiger partial charge in [-0.2, -0.15) is 11.8 Å². The molecule has 3 nitrogen and oxygen atoms in total. The third kappa shape index (κ3) is 4.69. The Morgan fingerprint density at radius 1 is 1.33 bits per heavy atom. The number of thioether (sulfide) groups is 1. The average Bonchev–Trinajstić information content (AvgIpc) is 2.30. The largest absolute Gasteiger partial charge is 0.489 e. The summed E-state index contributed by atoms with van der Waals surface area (Å²) in [5, 5.41) is 3.39. The van der Waals surface area contributed by atoms with E-state index in [1.54, 1.807) is 0 Å². The van der Waals surface area contributed by atoms with Gasteiger partial charge in [-0.05, 0) is 43.9 Å². The van der Waals surface area contributed by atoms with Crippen molar-refractivity contribution in [1.29, 1.82) is 0 Å². The molecule has 18 heavy (non-hydrogen) atoms. The van der Waals surface area contributed by atoms with Crippen molar-refractivity contribution in [3.8, 4) is 5.75 Å². The standard InChI is InChI=1S/C14H24N2OS/c1-10(2)17-13-7-5-6-12(14(13)15)16-8-11(3)9-18-4/h5-7,10-11,16H,8-9,15H2,1-4H3. The molecular formula is C14H24N2OS. The Morgan fingerprint density at radius 2 is 2.06 bits per heavy atom. The normalized spacial score (nSPS) is 12.5. The van der Waals surface area contributed by atoms with E-state index >= 15 is 0 Å². The summed E-state index contributed by atoms with van der Waals surface area (Å²) >= 11 is 1.86. The number of hydrogen-bond acceptors (Lipinski definition) is 4. The predicted molar refractivity (Wildman–Crippen MR) is 82.7 cm³/mol. The summed E-state index contributed by atoms with van der Waals surface area (Å²) in [6, 6.07) is 5.87. The molecule has 3 N–H and O–H groups in total. The number of para-hydroxylation sites is 1. The molecule has 0 aromatic heterocycles. The van der Waals surface area contributed by atoms with Crippen LogP contribution in [-0.2, 0) is 0 Å². The van der Waals surface area contributed by atoms with Crippen molar-refractivity contribution in [2.75, 3.05) is 29.6 Å². The Labute approximate surface area is 114 Å². The molecule has 0 saturated heterocycles. The molecule has 0 aliphatic carbocycles. The van der Waals surface area contributed by atoms with E-state index in [0.717, 1.165) is 23.7 Å². The maximum Gasteiger partial charge on any atom is 0.144 e. The van der Waals surface area contributed by atoms with E-state index in [0.29, 0.717) is 11.6 Å². The number of hydrogen-bond donors (Lipinski definition) is 2. The molecular weight excluding hydrogens is 244 g/mol. The summed E-state index contributed by atoms with van der Waals surface area (Å²) in [4.78, 5) is 0. The third-order valence-corrected chi connectivity index (χ3v) is 3.42. The van der Waals surface area contributed by atoms with Crippen LogP contribution >= 0.6 is 11.8 Å². The first-order valence-corrected chi connectivity index (χ1v) is 7.72. The molecule has 1 aromatic carbocycles. The Hall–Kier alpha value is -1.03. The zero-order valence-corrected chi connectivity index (χ0v) is 12.5. The molecule has 1 unspecified atom stereocenters. The molecule has 0 aliphatic rings. The van der Waals surface area contributed by atoms with Crippen LogP contribution in [0.3, 0.4) is 0 Å². The van der Waals surface area contributed by atoms with E-state index in [1.807, 2.05) is 43.8 Å². The number of nitrogens with two attached hydrogens (primary N) is 1. The summed E-state index contributed by atoms with van der Waals surface area (Å²) < 4.78 is 5.67. The summed E-state index contributed by atoms with van der Waals surface area (Å²) in [7, 11) is 0. The number of benzene rings is 1. The van der Waals surface area contributed by atoms with Crippen molar-refractivity contribution in [3.63, 3.8) is 0 Å². The zero-order valence-electron chi connectivity index (χ0n) is 11.7. The fourth-order valence-electron chi connectivity index (χ4n) is 1.68. The lowest BCUT2D eigenvalue weighted by atomic mass is 10.2. The maximum atomic E-state index is 6.10. The first-order chi connectivity index (χ1) is 8.54. The van der Waals surface area contributed by atoms with E-state index in [9.17, 15) is 0 Å². The lowest BCUT2D eigenvalue weighted by Crippen LogP contribution is -2.15.